The molecule has 0 fully saturated rings. The lowest BCUT2D eigenvalue weighted by Crippen LogP contribution is -2.23. The van der Waals surface area contributed by atoms with Crippen molar-refractivity contribution in [3.8, 4) is 0 Å². The summed E-state index contributed by atoms with van der Waals surface area (Å²) >= 11 is 0. The Hall–Kier alpha value is -1.46. The number of carbonyl (C=O) groups excluding carboxylic acids is 1. The van der Waals surface area contributed by atoms with E-state index in [4.69, 9.17) is 0 Å². The fourth-order valence-corrected chi connectivity index (χ4v) is 1.39. The zero-order valence-corrected chi connectivity index (χ0v) is 9.25. The molecule has 2 N–H and O–H groups in total. The van der Waals surface area contributed by atoms with Crippen LogP contribution in [0.4, 0.5) is 0 Å². The van der Waals surface area contributed by atoms with Crippen molar-refractivity contribution < 1.29 is 19.7 Å². The standard InChI is InChI=1S/C11H15NO4/c1-7-6-12-4-3-8(7)11(15)9(13)5-10(14)16-2/h3-4,6,9,11,13,15H,5H2,1-2H3. The normalized spacial score (nSPS) is 14.2. The fraction of sp³-hybridized carbons (Fsp3) is 0.455. The Labute approximate surface area is 93.7 Å². The minimum atomic E-state index is -1.17. The second-order valence-electron chi connectivity index (χ2n) is 3.52. The molecule has 1 aromatic rings. The molecule has 5 heteroatoms. The minimum Gasteiger partial charge on any atom is -0.469 e. The van der Waals surface area contributed by atoms with Gasteiger partial charge in [-0.15, -0.1) is 0 Å². The molecule has 0 spiro atoms. The number of nitrogens with zero attached hydrogens (tertiary/aromatic N) is 1. The SMILES string of the molecule is COC(=O)CC(O)C(O)c1ccncc1C. The number of hydrogen-bond acceptors (Lipinski definition) is 5. The summed E-state index contributed by atoms with van der Waals surface area (Å²) in [6.07, 6.45) is 0.592. The van der Waals surface area contributed by atoms with Crippen molar-refractivity contribution in [2.75, 3.05) is 7.11 Å². The Morgan fingerprint density at radius 3 is 2.81 bits per heavy atom. The summed E-state index contributed by atoms with van der Waals surface area (Å²) in [4.78, 5) is 14.8. The highest BCUT2D eigenvalue weighted by Gasteiger charge is 2.22. The van der Waals surface area contributed by atoms with Crippen molar-refractivity contribution >= 4 is 5.97 Å². The summed E-state index contributed by atoms with van der Waals surface area (Å²) < 4.78 is 4.41. The number of aliphatic hydroxyl groups excluding tert-OH is 2. The summed E-state index contributed by atoms with van der Waals surface area (Å²) in [7, 11) is 1.24. The zero-order valence-electron chi connectivity index (χ0n) is 9.25. The third-order valence-electron chi connectivity index (χ3n) is 2.35. The van der Waals surface area contributed by atoms with Crippen molar-refractivity contribution in [1.82, 2.24) is 4.98 Å². The van der Waals surface area contributed by atoms with Gasteiger partial charge in [0.05, 0.1) is 19.6 Å². The highest BCUT2D eigenvalue weighted by Crippen LogP contribution is 2.21. The maximum absolute atomic E-state index is 10.9. The van der Waals surface area contributed by atoms with E-state index in [-0.39, 0.29) is 6.42 Å². The van der Waals surface area contributed by atoms with E-state index in [2.05, 4.69) is 9.72 Å². The van der Waals surface area contributed by atoms with Crippen molar-refractivity contribution in [2.45, 2.75) is 25.6 Å². The monoisotopic (exact) mass is 225 g/mol. The van der Waals surface area contributed by atoms with E-state index >= 15 is 0 Å². The maximum Gasteiger partial charge on any atom is 0.308 e. The first-order valence-corrected chi connectivity index (χ1v) is 4.89. The van der Waals surface area contributed by atoms with Gasteiger partial charge in [-0.05, 0) is 24.1 Å². The van der Waals surface area contributed by atoms with Crippen LogP contribution in [-0.2, 0) is 9.53 Å². The Morgan fingerprint density at radius 2 is 2.25 bits per heavy atom. The topological polar surface area (TPSA) is 79.7 Å². The fourth-order valence-electron chi connectivity index (χ4n) is 1.39. The molecule has 0 aliphatic carbocycles. The Kier molecular flexibility index (Phi) is 4.39. The molecule has 16 heavy (non-hydrogen) atoms. The lowest BCUT2D eigenvalue weighted by molar-refractivity contribution is -0.144. The molecule has 0 amide bonds. The van der Waals surface area contributed by atoms with Gasteiger partial charge in [0.1, 0.15) is 6.10 Å². The van der Waals surface area contributed by atoms with E-state index in [1.807, 2.05) is 0 Å². The number of aryl methyl sites for hydroxylation is 1. The van der Waals surface area contributed by atoms with Crippen LogP contribution in [0.3, 0.4) is 0 Å². The third-order valence-corrected chi connectivity index (χ3v) is 2.35. The average molecular weight is 225 g/mol. The number of ether oxygens (including phenoxy) is 1. The van der Waals surface area contributed by atoms with E-state index in [1.54, 1.807) is 19.2 Å². The first-order valence-electron chi connectivity index (χ1n) is 4.89. The Bertz CT molecular complexity index is 367. The molecule has 0 aliphatic heterocycles. The number of esters is 1. The molecule has 0 aliphatic rings. The van der Waals surface area contributed by atoms with E-state index in [9.17, 15) is 15.0 Å². The van der Waals surface area contributed by atoms with Crippen molar-refractivity contribution in [3.63, 3.8) is 0 Å². The van der Waals surface area contributed by atoms with Crippen LogP contribution < -0.4 is 0 Å². The molecule has 2 unspecified atom stereocenters. The number of pyridine rings is 1. The molecule has 0 radical (unpaired) electrons. The van der Waals surface area contributed by atoms with Crippen LogP contribution in [0.25, 0.3) is 0 Å². The van der Waals surface area contributed by atoms with Crippen molar-refractivity contribution in [3.05, 3.63) is 29.6 Å². The predicted molar refractivity (Wildman–Crippen MR) is 56.6 cm³/mol. The van der Waals surface area contributed by atoms with Gasteiger partial charge in [-0.3, -0.25) is 9.78 Å². The predicted octanol–water partition coefficient (Wildman–Crippen LogP) is 0.347. The summed E-state index contributed by atoms with van der Waals surface area (Å²) in [6.45, 7) is 1.77. The van der Waals surface area contributed by atoms with Crippen molar-refractivity contribution in [2.24, 2.45) is 0 Å². The van der Waals surface area contributed by atoms with E-state index < -0.39 is 18.2 Å². The second-order valence-corrected chi connectivity index (χ2v) is 3.52. The van der Waals surface area contributed by atoms with Crippen LogP contribution in [-0.4, -0.2) is 34.4 Å². The van der Waals surface area contributed by atoms with Gasteiger partial charge >= 0.3 is 5.97 Å². The van der Waals surface area contributed by atoms with Crippen LogP contribution in [0.1, 0.15) is 23.7 Å². The van der Waals surface area contributed by atoms with E-state index in [1.165, 1.54) is 13.3 Å². The first kappa shape index (κ1) is 12.6. The molecule has 2 atom stereocenters. The summed E-state index contributed by atoms with van der Waals surface area (Å²) in [5.41, 5.74) is 1.32. The number of hydrogen-bond donors (Lipinski definition) is 2. The Morgan fingerprint density at radius 1 is 1.56 bits per heavy atom. The number of methoxy groups -OCH3 is 1. The van der Waals surface area contributed by atoms with Crippen LogP contribution in [0, 0.1) is 6.92 Å². The Balaban J connectivity index is 2.74. The van der Waals surface area contributed by atoms with Crippen molar-refractivity contribution in [1.29, 1.82) is 0 Å². The number of aromatic nitrogens is 1. The lowest BCUT2D eigenvalue weighted by Gasteiger charge is -2.18. The van der Waals surface area contributed by atoms with E-state index in [0.29, 0.717) is 5.56 Å². The quantitative estimate of drug-likeness (QED) is 0.723. The molecule has 5 nitrogen and oxygen atoms in total. The highest BCUT2D eigenvalue weighted by molar-refractivity contribution is 5.69. The molecule has 1 heterocycles. The largest absolute Gasteiger partial charge is 0.469 e. The van der Waals surface area contributed by atoms with Gasteiger partial charge in [-0.1, -0.05) is 0 Å². The van der Waals surface area contributed by atoms with Gasteiger partial charge < -0.3 is 14.9 Å². The summed E-state index contributed by atoms with van der Waals surface area (Å²) in [5, 5.41) is 19.5. The molecule has 0 saturated heterocycles. The second kappa shape index (κ2) is 5.58. The van der Waals surface area contributed by atoms with Crippen LogP contribution in [0.2, 0.25) is 0 Å². The molecule has 1 rings (SSSR count). The zero-order chi connectivity index (χ0) is 12.1. The molecular weight excluding hydrogens is 210 g/mol. The summed E-state index contributed by atoms with van der Waals surface area (Å²) in [5.74, 6) is -0.557. The molecule has 88 valence electrons. The molecular formula is C11H15NO4. The number of rotatable bonds is 4. The van der Waals surface area contributed by atoms with Crippen LogP contribution in [0.5, 0.6) is 0 Å². The molecule has 0 aromatic carbocycles. The van der Waals surface area contributed by atoms with Gasteiger partial charge in [0.15, 0.2) is 0 Å². The lowest BCUT2D eigenvalue weighted by atomic mass is 10.00. The van der Waals surface area contributed by atoms with Gasteiger partial charge in [-0.25, -0.2) is 0 Å². The van der Waals surface area contributed by atoms with Gasteiger partial charge in [-0.2, -0.15) is 0 Å². The third kappa shape index (κ3) is 3.01. The van der Waals surface area contributed by atoms with Crippen LogP contribution in [0.15, 0.2) is 18.5 Å². The number of aliphatic hydroxyl groups is 2. The maximum atomic E-state index is 10.9. The molecule has 0 bridgehead atoms. The molecule has 0 saturated carbocycles. The highest BCUT2D eigenvalue weighted by atomic mass is 16.5. The summed E-state index contributed by atoms with van der Waals surface area (Å²) in [6, 6.07) is 1.61. The average Bonchev–Trinajstić information content (AvgIpc) is 2.28. The molecule has 1 aromatic heterocycles. The van der Waals surface area contributed by atoms with Crippen LogP contribution >= 0.6 is 0 Å². The number of carbonyl (C=O) groups is 1. The minimum absolute atomic E-state index is 0.237. The first-order chi connectivity index (χ1) is 7.56. The van der Waals surface area contributed by atoms with Gasteiger partial charge in [0.2, 0.25) is 0 Å². The van der Waals surface area contributed by atoms with E-state index in [0.717, 1.165) is 5.56 Å². The van der Waals surface area contributed by atoms with Gasteiger partial charge in [0, 0.05) is 12.4 Å². The smallest absolute Gasteiger partial charge is 0.308 e. The van der Waals surface area contributed by atoms with Gasteiger partial charge in [0.25, 0.3) is 0 Å².